The molecule has 0 saturated carbocycles. The Hall–Kier alpha value is -1.06. The number of rotatable bonds is 11. The average Bonchev–Trinajstić information content (AvgIpc) is 2.48. The molecule has 0 bridgehead atoms. The zero-order valence-corrected chi connectivity index (χ0v) is 13.7. The smallest absolute Gasteiger partial charge is 0.114 e. The molecule has 1 N–H and O–H groups in total. The van der Waals surface area contributed by atoms with Crippen molar-refractivity contribution in [2.45, 2.75) is 52.7 Å². The minimum absolute atomic E-state index is 0.219. The second kappa shape index (κ2) is 11.7. The van der Waals surface area contributed by atoms with Crippen LogP contribution in [0.2, 0.25) is 0 Å². The molecule has 0 aromatic rings. The normalized spacial score (nSPS) is 15.8. The van der Waals surface area contributed by atoms with Crippen molar-refractivity contribution in [1.29, 1.82) is 0 Å². The van der Waals surface area contributed by atoms with Gasteiger partial charge in [0.1, 0.15) is 5.76 Å². The molecule has 0 amide bonds. The molecule has 116 valence electrons. The van der Waals surface area contributed by atoms with Crippen molar-refractivity contribution in [1.82, 2.24) is 5.32 Å². The van der Waals surface area contributed by atoms with Crippen molar-refractivity contribution < 1.29 is 9.47 Å². The zero-order chi connectivity index (χ0) is 15.4. The van der Waals surface area contributed by atoms with E-state index in [0.717, 1.165) is 37.3 Å². The van der Waals surface area contributed by atoms with Crippen LogP contribution in [-0.4, -0.2) is 32.4 Å². The molecule has 1 unspecified atom stereocenters. The van der Waals surface area contributed by atoms with E-state index in [9.17, 15) is 0 Å². The van der Waals surface area contributed by atoms with Crippen molar-refractivity contribution in [3.8, 4) is 0 Å². The van der Waals surface area contributed by atoms with Gasteiger partial charge in [-0.1, -0.05) is 26.5 Å². The summed E-state index contributed by atoms with van der Waals surface area (Å²) in [6, 6.07) is 0.219. The number of ether oxygens (including phenoxy) is 2. The van der Waals surface area contributed by atoms with E-state index in [1.165, 1.54) is 0 Å². The number of hydrogen-bond acceptors (Lipinski definition) is 3. The van der Waals surface area contributed by atoms with E-state index in [4.69, 9.17) is 9.47 Å². The highest BCUT2D eigenvalue weighted by molar-refractivity contribution is 5.29. The van der Waals surface area contributed by atoms with E-state index in [1.54, 1.807) is 7.11 Å². The lowest BCUT2D eigenvalue weighted by Crippen LogP contribution is -2.35. The Morgan fingerprint density at radius 2 is 2.05 bits per heavy atom. The van der Waals surface area contributed by atoms with Gasteiger partial charge in [0.15, 0.2) is 0 Å². The minimum atomic E-state index is 0.219. The number of allylic oxidation sites excluding steroid dienone is 2. The maximum Gasteiger partial charge on any atom is 0.114 e. The van der Waals surface area contributed by atoms with Crippen molar-refractivity contribution in [3.63, 3.8) is 0 Å². The van der Waals surface area contributed by atoms with Crippen LogP contribution in [0.5, 0.6) is 0 Å². The fourth-order valence-electron chi connectivity index (χ4n) is 1.82. The Balaban J connectivity index is 4.48. The monoisotopic (exact) mass is 281 g/mol. The van der Waals surface area contributed by atoms with Crippen molar-refractivity contribution in [3.05, 3.63) is 36.1 Å². The molecule has 0 aliphatic carbocycles. The van der Waals surface area contributed by atoms with Gasteiger partial charge in [0.05, 0.1) is 13.2 Å². The fraction of sp³-hybridized carbons (Fsp3) is 0.647. The highest BCUT2D eigenvalue weighted by Crippen LogP contribution is 2.10. The van der Waals surface area contributed by atoms with Crippen LogP contribution < -0.4 is 5.32 Å². The molecule has 0 spiro atoms. The van der Waals surface area contributed by atoms with E-state index < -0.39 is 0 Å². The molecule has 0 heterocycles. The number of hydrogen-bond donors (Lipinski definition) is 1. The van der Waals surface area contributed by atoms with Crippen LogP contribution in [0.4, 0.5) is 0 Å². The van der Waals surface area contributed by atoms with Crippen LogP contribution in [0.3, 0.4) is 0 Å². The largest absolute Gasteiger partial charge is 0.497 e. The summed E-state index contributed by atoms with van der Waals surface area (Å²) in [5.74, 6) is 0.850. The Morgan fingerprint density at radius 1 is 1.35 bits per heavy atom. The van der Waals surface area contributed by atoms with E-state index in [2.05, 4.69) is 32.7 Å². The second-order valence-corrected chi connectivity index (χ2v) is 4.77. The molecule has 0 aliphatic heterocycles. The van der Waals surface area contributed by atoms with Gasteiger partial charge in [-0.25, -0.2) is 0 Å². The van der Waals surface area contributed by atoms with Crippen LogP contribution in [-0.2, 0) is 9.47 Å². The Bertz CT molecular complexity index is 321. The van der Waals surface area contributed by atoms with Crippen LogP contribution in [0, 0.1) is 0 Å². The maximum atomic E-state index is 5.78. The molecular formula is C17H31NO2. The lowest BCUT2D eigenvalue weighted by atomic mass is 10.1. The molecule has 0 aromatic heterocycles. The lowest BCUT2D eigenvalue weighted by molar-refractivity contribution is 0.0503. The van der Waals surface area contributed by atoms with Gasteiger partial charge < -0.3 is 14.8 Å². The Kier molecular flexibility index (Phi) is 11.1. The maximum absolute atomic E-state index is 5.78. The quantitative estimate of drug-likeness (QED) is 0.461. The first kappa shape index (κ1) is 18.9. The van der Waals surface area contributed by atoms with E-state index >= 15 is 0 Å². The minimum Gasteiger partial charge on any atom is -0.497 e. The standard InChI is InChI=1S/C17H31NO2/c1-7-11-20-17(10-4)13-18-14(5)15(8-2)12-16(9-3)19-6/h8-9,12,14,17-18H,2,7,10-11,13H2,1,3-6H3/b15-12+,16-9+/t14-,17?/m1/s1. The third kappa shape index (κ3) is 7.51. The topological polar surface area (TPSA) is 30.5 Å². The van der Waals surface area contributed by atoms with Gasteiger partial charge >= 0.3 is 0 Å². The van der Waals surface area contributed by atoms with Gasteiger partial charge in [0, 0.05) is 19.2 Å². The fourth-order valence-corrected chi connectivity index (χ4v) is 1.82. The molecule has 3 nitrogen and oxygen atoms in total. The van der Waals surface area contributed by atoms with Crippen molar-refractivity contribution in [2.24, 2.45) is 0 Å². The highest BCUT2D eigenvalue weighted by Gasteiger charge is 2.10. The molecule has 0 aliphatic rings. The zero-order valence-electron chi connectivity index (χ0n) is 13.7. The first-order valence-corrected chi connectivity index (χ1v) is 7.52. The number of nitrogens with one attached hydrogen (secondary N) is 1. The van der Waals surface area contributed by atoms with E-state index in [0.29, 0.717) is 0 Å². The van der Waals surface area contributed by atoms with Crippen molar-refractivity contribution >= 4 is 0 Å². The third-order valence-electron chi connectivity index (χ3n) is 3.23. The highest BCUT2D eigenvalue weighted by atomic mass is 16.5. The molecule has 0 saturated heterocycles. The predicted molar refractivity (Wildman–Crippen MR) is 86.8 cm³/mol. The molecule has 0 radical (unpaired) electrons. The molecule has 0 fully saturated rings. The molecule has 2 atom stereocenters. The summed E-state index contributed by atoms with van der Waals surface area (Å²) in [7, 11) is 1.68. The summed E-state index contributed by atoms with van der Waals surface area (Å²) in [4.78, 5) is 0. The molecular weight excluding hydrogens is 250 g/mol. The third-order valence-corrected chi connectivity index (χ3v) is 3.23. The van der Waals surface area contributed by atoms with Crippen LogP contribution in [0.15, 0.2) is 36.1 Å². The summed E-state index contributed by atoms with van der Waals surface area (Å²) in [5, 5.41) is 3.50. The van der Waals surface area contributed by atoms with Gasteiger partial charge in [-0.2, -0.15) is 0 Å². The van der Waals surface area contributed by atoms with Crippen LogP contribution in [0.1, 0.15) is 40.5 Å². The summed E-state index contributed by atoms with van der Waals surface area (Å²) in [6.07, 6.45) is 8.17. The SMILES string of the molecule is C=C/C(=C\C(=C/C)OC)[C@@H](C)NCC(CC)OCCC. The van der Waals surface area contributed by atoms with Gasteiger partial charge in [0.2, 0.25) is 0 Å². The Labute approximate surface area is 124 Å². The second-order valence-electron chi connectivity index (χ2n) is 4.77. The number of methoxy groups -OCH3 is 1. The first-order chi connectivity index (χ1) is 9.62. The van der Waals surface area contributed by atoms with Gasteiger partial charge in [-0.05, 0) is 44.4 Å². The first-order valence-electron chi connectivity index (χ1n) is 7.52. The van der Waals surface area contributed by atoms with Crippen LogP contribution in [0.25, 0.3) is 0 Å². The predicted octanol–water partition coefficient (Wildman–Crippen LogP) is 3.83. The molecule has 3 heteroatoms. The average molecular weight is 281 g/mol. The molecule has 0 aromatic carbocycles. The van der Waals surface area contributed by atoms with Gasteiger partial charge in [-0.3, -0.25) is 0 Å². The lowest BCUT2D eigenvalue weighted by Gasteiger charge is -2.21. The van der Waals surface area contributed by atoms with E-state index in [-0.39, 0.29) is 12.1 Å². The molecule has 20 heavy (non-hydrogen) atoms. The van der Waals surface area contributed by atoms with Gasteiger partial charge in [0.25, 0.3) is 0 Å². The Morgan fingerprint density at radius 3 is 2.50 bits per heavy atom. The van der Waals surface area contributed by atoms with E-state index in [1.807, 2.05) is 25.2 Å². The van der Waals surface area contributed by atoms with Gasteiger partial charge in [-0.15, -0.1) is 0 Å². The summed E-state index contributed by atoms with van der Waals surface area (Å²) < 4.78 is 11.1. The summed E-state index contributed by atoms with van der Waals surface area (Å²) in [5.41, 5.74) is 1.12. The van der Waals surface area contributed by atoms with Crippen LogP contribution >= 0.6 is 0 Å². The summed E-state index contributed by atoms with van der Waals surface area (Å²) >= 11 is 0. The van der Waals surface area contributed by atoms with Crippen molar-refractivity contribution in [2.75, 3.05) is 20.3 Å². The summed E-state index contributed by atoms with van der Waals surface area (Å²) in [6.45, 7) is 13.9. The molecule has 0 rings (SSSR count).